The SMILES string of the molecule is C=C/C(=C\C(=C)/C(=C\C)C(=C)O)c1cc(C)c(C)cc1CC(C)c1ccccc1C. The number of allylic oxidation sites excluding steroid dienone is 5. The Morgan fingerprint density at radius 3 is 2.23 bits per heavy atom. The molecule has 0 amide bonds. The Kier molecular flexibility index (Phi) is 7.83. The molecule has 1 atom stereocenters. The molecule has 0 saturated heterocycles. The van der Waals surface area contributed by atoms with Crippen molar-refractivity contribution in [1.29, 1.82) is 0 Å². The normalized spacial score (nSPS) is 13.1. The highest BCUT2D eigenvalue weighted by Crippen LogP contribution is 2.31. The summed E-state index contributed by atoms with van der Waals surface area (Å²) in [6, 6.07) is 13.1. The van der Waals surface area contributed by atoms with Crippen LogP contribution in [0.25, 0.3) is 5.57 Å². The van der Waals surface area contributed by atoms with Crippen LogP contribution in [0.15, 0.2) is 91.3 Å². The summed E-state index contributed by atoms with van der Waals surface area (Å²) in [5.74, 6) is 0.417. The van der Waals surface area contributed by atoms with Crippen LogP contribution in [0.4, 0.5) is 0 Å². The molecule has 0 fully saturated rings. The van der Waals surface area contributed by atoms with Crippen molar-refractivity contribution < 1.29 is 5.11 Å². The lowest BCUT2D eigenvalue weighted by Gasteiger charge is -2.20. The second kappa shape index (κ2) is 10.1. The Balaban J connectivity index is 2.53. The first-order valence-electron chi connectivity index (χ1n) is 10.4. The molecule has 0 aliphatic heterocycles. The lowest BCUT2D eigenvalue weighted by atomic mass is 9.85. The fourth-order valence-corrected chi connectivity index (χ4v) is 3.94. The lowest BCUT2D eigenvalue weighted by Crippen LogP contribution is -2.04. The van der Waals surface area contributed by atoms with E-state index in [2.05, 4.69) is 83.8 Å². The molecular formula is C29H34O. The van der Waals surface area contributed by atoms with Crippen molar-refractivity contribution in [2.45, 2.75) is 47.0 Å². The summed E-state index contributed by atoms with van der Waals surface area (Å²) in [5.41, 5.74) is 10.0. The molecule has 2 aromatic rings. The summed E-state index contributed by atoms with van der Waals surface area (Å²) in [7, 11) is 0. The Labute approximate surface area is 182 Å². The summed E-state index contributed by atoms with van der Waals surface area (Å²) in [6.45, 7) is 22.5. The fourth-order valence-electron chi connectivity index (χ4n) is 3.94. The van der Waals surface area contributed by atoms with Gasteiger partial charge in [0.2, 0.25) is 0 Å². The molecule has 2 rings (SSSR count). The van der Waals surface area contributed by atoms with E-state index >= 15 is 0 Å². The van der Waals surface area contributed by atoms with Gasteiger partial charge in [-0.15, -0.1) is 0 Å². The first-order valence-corrected chi connectivity index (χ1v) is 10.4. The molecule has 0 saturated carbocycles. The van der Waals surface area contributed by atoms with E-state index < -0.39 is 0 Å². The number of aliphatic hydroxyl groups is 1. The van der Waals surface area contributed by atoms with Gasteiger partial charge >= 0.3 is 0 Å². The van der Waals surface area contributed by atoms with Crippen molar-refractivity contribution in [1.82, 2.24) is 0 Å². The van der Waals surface area contributed by atoms with Gasteiger partial charge in [0, 0.05) is 5.57 Å². The molecular weight excluding hydrogens is 364 g/mol. The van der Waals surface area contributed by atoms with Crippen molar-refractivity contribution in [2.24, 2.45) is 0 Å². The number of hydrogen-bond donors (Lipinski definition) is 1. The van der Waals surface area contributed by atoms with E-state index in [0.717, 1.165) is 23.1 Å². The van der Waals surface area contributed by atoms with Gasteiger partial charge in [-0.3, -0.25) is 0 Å². The van der Waals surface area contributed by atoms with Gasteiger partial charge in [-0.1, -0.05) is 75.2 Å². The van der Waals surface area contributed by atoms with Crippen LogP contribution in [-0.2, 0) is 6.42 Å². The highest BCUT2D eigenvalue weighted by Gasteiger charge is 2.15. The first kappa shape index (κ1) is 23.2. The van der Waals surface area contributed by atoms with E-state index in [0.29, 0.717) is 11.5 Å². The Morgan fingerprint density at radius 1 is 1.03 bits per heavy atom. The fraction of sp³-hybridized carbons (Fsp3) is 0.241. The van der Waals surface area contributed by atoms with Gasteiger partial charge in [-0.2, -0.15) is 0 Å². The molecule has 0 bridgehead atoms. The Bertz CT molecular complexity index is 1030. The maximum Gasteiger partial charge on any atom is 0.115 e. The van der Waals surface area contributed by atoms with Crippen molar-refractivity contribution in [3.8, 4) is 0 Å². The number of aryl methyl sites for hydroxylation is 3. The van der Waals surface area contributed by atoms with Gasteiger partial charge in [0.15, 0.2) is 0 Å². The van der Waals surface area contributed by atoms with E-state index in [1.807, 2.05) is 25.2 Å². The van der Waals surface area contributed by atoms with E-state index in [-0.39, 0.29) is 5.76 Å². The minimum absolute atomic E-state index is 0.0237. The molecule has 30 heavy (non-hydrogen) atoms. The molecule has 156 valence electrons. The minimum atomic E-state index is 0.0237. The second-order valence-corrected chi connectivity index (χ2v) is 8.03. The van der Waals surface area contributed by atoms with Gasteiger partial charge < -0.3 is 5.11 Å². The highest BCUT2D eigenvalue weighted by atomic mass is 16.3. The third kappa shape index (κ3) is 5.30. The van der Waals surface area contributed by atoms with Crippen LogP contribution in [0.2, 0.25) is 0 Å². The van der Waals surface area contributed by atoms with Gasteiger partial charge in [0.05, 0.1) is 0 Å². The third-order valence-corrected chi connectivity index (χ3v) is 5.77. The van der Waals surface area contributed by atoms with E-state index in [1.165, 1.54) is 27.8 Å². The predicted molar refractivity (Wildman–Crippen MR) is 132 cm³/mol. The number of aliphatic hydroxyl groups excluding tert-OH is 1. The van der Waals surface area contributed by atoms with E-state index in [4.69, 9.17) is 0 Å². The van der Waals surface area contributed by atoms with Crippen LogP contribution >= 0.6 is 0 Å². The molecule has 0 aliphatic rings. The van der Waals surface area contributed by atoms with E-state index in [9.17, 15) is 5.11 Å². The summed E-state index contributed by atoms with van der Waals surface area (Å²) in [4.78, 5) is 0. The van der Waals surface area contributed by atoms with Crippen molar-refractivity contribution in [2.75, 3.05) is 0 Å². The average molecular weight is 399 g/mol. The quantitative estimate of drug-likeness (QED) is 0.352. The smallest absolute Gasteiger partial charge is 0.115 e. The van der Waals surface area contributed by atoms with Gasteiger partial charge in [-0.25, -0.2) is 0 Å². The second-order valence-electron chi connectivity index (χ2n) is 8.03. The first-order chi connectivity index (χ1) is 14.2. The summed E-state index contributed by atoms with van der Waals surface area (Å²) in [5, 5.41) is 9.87. The Morgan fingerprint density at radius 2 is 1.67 bits per heavy atom. The van der Waals surface area contributed by atoms with Crippen LogP contribution in [0.3, 0.4) is 0 Å². The zero-order valence-corrected chi connectivity index (χ0v) is 19.0. The topological polar surface area (TPSA) is 20.2 Å². The Hall–Kier alpha value is -3.06. The monoisotopic (exact) mass is 398 g/mol. The van der Waals surface area contributed by atoms with Crippen LogP contribution in [0.5, 0.6) is 0 Å². The molecule has 1 nitrogen and oxygen atoms in total. The average Bonchev–Trinajstić information content (AvgIpc) is 2.69. The molecule has 2 aromatic carbocycles. The molecule has 1 unspecified atom stereocenters. The van der Waals surface area contributed by atoms with Crippen LogP contribution < -0.4 is 0 Å². The number of benzene rings is 2. The van der Waals surface area contributed by atoms with Crippen molar-refractivity contribution in [3.05, 3.63) is 125 Å². The molecule has 0 aromatic heterocycles. The predicted octanol–water partition coefficient (Wildman–Crippen LogP) is 8.10. The highest BCUT2D eigenvalue weighted by molar-refractivity contribution is 5.79. The van der Waals surface area contributed by atoms with Crippen LogP contribution in [0.1, 0.15) is 53.1 Å². The van der Waals surface area contributed by atoms with E-state index in [1.54, 1.807) is 0 Å². The maximum absolute atomic E-state index is 9.87. The van der Waals surface area contributed by atoms with Gasteiger partial charge in [0.1, 0.15) is 5.76 Å². The third-order valence-electron chi connectivity index (χ3n) is 5.77. The van der Waals surface area contributed by atoms with Gasteiger partial charge in [-0.05, 0) is 90.6 Å². The van der Waals surface area contributed by atoms with Crippen molar-refractivity contribution >= 4 is 5.57 Å². The number of rotatable bonds is 8. The molecule has 1 heteroatoms. The zero-order valence-electron chi connectivity index (χ0n) is 19.0. The van der Waals surface area contributed by atoms with Gasteiger partial charge in [0.25, 0.3) is 0 Å². The number of hydrogen-bond acceptors (Lipinski definition) is 1. The standard InChI is InChI=1S/C29H34O/c1-9-25(16-22(6)27(10-2)24(8)30)29-18-21(5)20(4)15-26(29)17-23(7)28-14-12-11-13-19(28)3/h9-16,18,23,30H,1,6,8,17H2,2-5,7H3/b25-16+,27-10+. The molecule has 0 radical (unpaired) electrons. The molecule has 0 spiro atoms. The molecule has 0 aliphatic carbocycles. The lowest BCUT2D eigenvalue weighted by molar-refractivity contribution is 0.428. The van der Waals surface area contributed by atoms with Crippen LogP contribution in [-0.4, -0.2) is 5.11 Å². The summed E-state index contributed by atoms with van der Waals surface area (Å²) < 4.78 is 0. The van der Waals surface area contributed by atoms with Crippen molar-refractivity contribution in [3.63, 3.8) is 0 Å². The minimum Gasteiger partial charge on any atom is -0.508 e. The van der Waals surface area contributed by atoms with Crippen LogP contribution in [0, 0.1) is 20.8 Å². The largest absolute Gasteiger partial charge is 0.508 e. The summed E-state index contributed by atoms with van der Waals surface area (Å²) in [6.07, 6.45) is 6.60. The summed E-state index contributed by atoms with van der Waals surface area (Å²) >= 11 is 0. The zero-order chi connectivity index (χ0) is 22.4. The molecule has 1 N–H and O–H groups in total. The maximum atomic E-state index is 9.87. The molecule has 0 heterocycles.